The Bertz CT molecular complexity index is 1100. The first kappa shape index (κ1) is 24.5. The van der Waals surface area contributed by atoms with Crippen LogP contribution in [0.2, 0.25) is 0 Å². The van der Waals surface area contributed by atoms with Gasteiger partial charge in [0.2, 0.25) is 0 Å². The summed E-state index contributed by atoms with van der Waals surface area (Å²) < 4.78 is 5.51. The molecule has 3 aromatic rings. The highest BCUT2D eigenvalue weighted by molar-refractivity contribution is 5.81. The van der Waals surface area contributed by atoms with Crippen molar-refractivity contribution in [3.63, 3.8) is 0 Å². The summed E-state index contributed by atoms with van der Waals surface area (Å²) >= 11 is 0. The van der Waals surface area contributed by atoms with Crippen molar-refractivity contribution in [2.45, 2.75) is 31.2 Å². The number of hydrogen-bond donors (Lipinski definition) is 2. The molecule has 2 N–H and O–H groups in total. The minimum Gasteiger partial charge on any atom is -0.480 e. The van der Waals surface area contributed by atoms with Crippen molar-refractivity contribution in [3.05, 3.63) is 95.6 Å². The summed E-state index contributed by atoms with van der Waals surface area (Å²) in [7, 11) is 2.03. The summed E-state index contributed by atoms with van der Waals surface area (Å²) in [6.45, 7) is 1.80. The van der Waals surface area contributed by atoms with Crippen LogP contribution in [-0.2, 0) is 16.0 Å². The van der Waals surface area contributed by atoms with Crippen LogP contribution in [-0.4, -0.2) is 54.9 Å². The van der Waals surface area contributed by atoms with Crippen LogP contribution in [0.15, 0.2) is 78.9 Å². The molecule has 35 heavy (non-hydrogen) atoms. The number of amides is 1. The summed E-state index contributed by atoms with van der Waals surface area (Å²) in [4.78, 5) is 26.4. The first-order valence-electron chi connectivity index (χ1n) is 12.1. The van der Waals surface area contributed by atoms with E-state index in [1.807, 2.05) is 49.5 Å². The predicted molar refractivity (Wildman–Crippen MR) is 137 cm³/mol. The smallest absolute Gasteiger partial charge is 0.407 e. The minimum absolute atomic E-state index is 0.0605. The zero-order valence-electron chi connectivity index (χ0n) is 20.0. The monoisotopic (exact) mass is 472 g/mol. The average Bonchev–Trinajstić information content (AvgIpc) is 3.20. The van der Waals surface area contributed by atoms with Crippen molar-refractivity contribution < 1.29 is 19.4 Å². The van der Waals surface area contributed by atoms with E-state index < -0.39 is 18.1 Å². The summed E-state index contributed by atoms with van der Waals surface area (Å²) in [5, 5.41) is 12.1. The third-order valence-electron chi connectivity index (χ3n) is 6.59. The molecule has 3 aromatic carbocycles. The van der Waals surface area contributed by atoms with Gasteiger partial charge in [-0.2, -0.15) is 0 Å². The number of carbonyl (C=O) groups excluding carboxylic acids is 1. The lowest BCUT2D eigenvalue weighted by Gasteiger charge is -2.19. The van der Waals surface area contributed by atoms with E-state index in [1.54, 1.807) is 0 Å². The number of carboxylic acid groups (broad SMARTS) is 1. The van der Waals surface area contributed by atoms with Gasteiger partial charge in [-0.3, -0.25) is 0 Å². The Balaban J connectivity index is 1.24. The Hall–Kier alpha value is -3.64. The SMILES string of the molecule is CN(CCC[C@H](NC(=O)OCC1c2ccccc2-c2ccccc21)C(=O)O)CCc1ccccc1. The summed E-state index contributed by atoms with van der Waals surface area (Å²) in [5.74, 6) is -1.11. The fourth-order valence-electron chi connectivity index (χ4n) is 4.68. The Morgan fingerprint density at radius 3 is 2.14 bits per heavy atom. The Labute approximate surface area is 206 Å². The second kappa shape index (κ2) is 11.7. The van der Waals surface area contributed by atoms with Gasteiger partial charge < -0.3 is 20.1 Å². The molecule has 0 saturated carbocycles. The number of ether oxygens (including phenoxy) is 1. The zero-order valence-corrected chi connectivity index (χ0v) is 20.0. The van der Waals surface area contributed by atoms with Crippen molar-refractivity contribution in [3.8, 4) is 11.1 Å². The van der Waals surface area contributed by atoms with Gasteiger partial charge in [0.25, 0.3) is 0 Å². The quantitative estimate of drug-likeness (QED) is 0.414. The number of likely N-dealkylation sites (N-methyl/N-ethyl adjacent to an activating group) is 1. The van der Waals surface area contributed by atoms with Gasteiger partial charge in [0.05, 0.1) is 0 Å². The van der Waals surface area contributed by atoms with Gasteiger partial charge >= 0.3 is 12.1 Å². The van der Waals surface area contributed by atoms with Crippen LogP contribution in [0.1, 0.15) is 35.4 Å². The van der Waals surface area contributed by atoms with Gasteiger partial charge in [-0.25, -0.2) is 9.59 Å². The molecular weight excluding hydrogens is 440 g/mol. The van der Waals surface area contributed by atoms with Crippen molar-refractivity contribution in [1.29, 1.82) is 0 Å². The molecule has 0 radical (unpaired) electrons. The first-order chi connectivity index (χ1) is 17.0. The summed E-state index contributed by atoms with van der Waals surface area (Å²) in [6.07, 6.45) is 1.25. The van der Waals surface area contributed by atoms with Crippen LogP contribution in [0.4, 0.5) is 4.79 Å². The number of fused-ring (bicyclic) bond motifs is 3. The maximum atomic E-state index is 12.5. The minimum atomic E-state index is -1.05. The summed E-state index contributed by atoms with van der Waals surface area (Å²) in [6, 6.07) is 25.5. The molecule has 1 aliphatic rings. The van der Waals surface area contributed by atoms with Crippen LogP contribution in [0, 0.1) is 0 Å². The second-order valence-corrected chi connectivity index (χ2v) is 9.04. The van der Waals surface area contributed by atoms with E-state index in [0.717, 1.165) is 41.8 Å². The number of benzene rings is 3. The molecule has 1 atom stereocenters. The van der Waals surface area contributed by atoms with Gasteiger partial charge in [-0.05, 0) is 60.7 Å². The standard InChI is InChI=1S/C29H32N2O4/c1-31(19-17-21-10-3-2-4-11-21)18-9-16-27(28(32)33)30-29(34)35-20-26-24-14-7-5-12-22(24)23-13-6-8-15-25(23)26/h2-8,10-15,26-27H,9,16-20H2,1H3,(H,30,34)(H,32,33)/t27-/m0/s1. The number of alkyl carbamates (subject to hydrolysis) is 1. The molecule has 0 unspecified atom stereocenters. The number of rotatable bonds is 11. The van der Waals surface area contributed by atoms with E-state index in [2.05, 4.69) is 46.6 Å². The molecule has 0 bridgehead atoms. The molecule has 1 aliphatic carbocycles. The predicted octanol–water partition coefficient (Wildman–Crippen LogP) is 4.93. The van der Waals surface area contributed by atoms with Gasteiger partial charge in [0.15, 0.2) is 0 Å². The molecule has 0 fully saturated rings. The van der Waals surface area contributed by atoms with E-state index in [1.165, 1.54) is 5.56 Å². The highest BCUT2D eigenvalue weighted by Gasteiger charge is 2.29. The third-order valence-corrected chi connectivity index (χ3v) is 6.59. The van der Waals surface area contributed by atoms with Crippen LogP contribution < -0.4 is 5.32 Å². The lowest BCUT2D eigenvalue weighted by Crippen LogP contribution is -2.41. The first-order valence-corrected chi connectivity index (χ1v) is 12.1. The largest absolute Gasteiger partial charge is 0.480 e. The molecule has 6 heteroatoms. The van der Waals surface area contributed by atoms with Crippen molar-refractivity contribution in [2.24, 2.45) is 0 Å². The second-order valence-electron chi connectivity index (χ2n) is 9.04. The highest BCUT2D eigenvalue weighted by Crippen LogP contribution is 2.44. The topological polar surface area (TPSA) is 78.9 Å². The van der Waals surface area contributed by atoms with Gasteiger partial charge in [0.1, 0.15) is 12.6 Å². The van der Waals surface area contributed by atoms with Crippen LogP contribution in [0.3, 0.4) is 0 Å². The van der Waals surface area contributed by atoms with Crippen LogP contribution >= 0.6 is 0 Å². The van der Waals surface area contributed by atoms with Crippen molar-refractivity contribution >= 4 is 12.1 Å². The van der Waals surface area contributed by atoms with Crippen molar-refractivity contribution in [2.75, 3.05) is 26.7 Å². The number of hydrogen-bond acceptors (Lipinski definition) is 4. The number of nitrogens with zero attached hydrogens (tertiary/aromatic N) is 1. The Kier molecular flexibility index (Phi) is 8.16. The molecule has 0 saturated heterocycles. The van der Waals surface area contributed by atoms with Gasteiger partial charge in [0, 0.05) is 12.5 Å². The highest BCUT2D eigenvalue weighted by atomic mass is 16.5. The number of carboxylic acids is 1. The fraction of sp³-hybridized carbons (Fsp3) is 0.310. The molecule has 0 aliphatic heterocycles. The number of aliphatic carboxylic acids is 1. The zero-order chi connectivity index (χ0) is 24.6. The molecule has 4 rings (SSSR count). The molecule has 1 amide bonds. The van der Waals surface area contributed by atoms with E-state index >= 15 is 0 Å². The Morgan fingerprint density at radius 1 is 0.914 bits per heavy atom. The van der Waals surface area contributed by atoms with E-state index in [0.29, 0.717) is 12.8 Å². The van der Waals surface area contributed by atoms with E-state index in [9.17, 15) is 14.7 Å². The van der Waals surface area contributed by atoms with Crippen LogP contribution in [0.25, 0.3) is 11.1 Å². The van der Waals surface area contributed by atoms with E-state index in [-0.39, 0.29) is 12.5 Å². The van der Waals surface area contributed by atoms with Crippen LogP contribution in [0.5, 0.6) is 0 Å². The molecule has 0 spiro atoms. The maximum Gasteiger partial charge on any atom is 0.407 e. The lowest BCUT2D eigenvalue weighted by atomic mass is 9.98. The number of nitrogens with one attached hydrogen (secondary N) is 1. The maximum absolute atomic E-state index is 12.5. The lowest BCUT2D eigenvalue weighted by molar-refractivity contribution is -0.139. The summed E-state index contributed by atoms with van der Waals surface area (Å²) in [5.41, 5.74) is 5.82. The van der Waals surface area contributed by atoms with Crippen molar-refractivity contribution in [1.82, 2.24) is 10.2 Å². The van der Waals surface area contributed by atoms with E-state index in [4.69, 9.17) is 4.74 Å². The van der Waals surface area contributed by atoms with Gasteiger partial charge in [-0.1, -0.05) is 78.9 Å². The average molecular weight is 473 g/mol. The van der Waals surface area contributed by atoms with Gasteiger partial charge in [-0.15, -0.1) is 0 Å². The molecule has 0 heterocycles. The third kappa shape index (κ3) is 6.28. The molecule has 6 nitrogen and oxygen atoms in total. The molecule has 0 aromatic heterocycles. The number of carbonyl (C=O) groups is 2. The Morgan fingerprint density at radius 2 is 1.51 bits per heavy atom. The fourth-order valence-corrected chi connectivity index (χ4v) is 4.68. The normalized spacial score (nSPS) is 13.2. The molecule has 182 valence electrons. The molecular formula is C29H32N2O4.